The Morgan fingerprint density at radius 2 is 1.33 bits per heavy atom. The second kappa shape index (κ2) is 4.22. The number of aromatic nitrogens is 2. The molecule has 0 bridgehead atoms. The van der Waals surface area contributed by atoms with Crippen LogP contribution in [0.15, 0.2) is 4.42 Å². The first-order chi connectivity index (χ1) is 3.29. The van der Waals surface area contributed by atoms with Gasteiger partial charge in [0.05, 0.1) is 0 Å². The first kappa shape index (κ1) is 11.2. The van der Waals surface area contributed by atoms with E-state index in [-0.39, 0.29) is 36.8 Å². The molecule has 0 spiro atoms. The molecule has 5 nitrogen and oxygen atoms in total. The third kappa shape index (κ3) is 2.99. The van der Waals surface area contributed by atoms with Crippen LogP contribution in [0.25, 0.3) is 0 Å². The molecule has 1 rings (SSSR count). The summed E-state index contributed by atoms with van der Waals surface area (Å²) in [7, 11) is 0. The van der Waals surface area contributed by atoms with Crippen molar-refractivity contribution < 1.29 is 4.42 Å². The van der Waals surface area contributed by atoms with E-state index in [2.05, 4.69) is 14.6 Å². The van der Waals surface area contributed by atoms with Crippen molar-refractivity contribution in [1.29, 1.82) is 0 Å². The highest BCUT2D eigenvalue weighted by molar-refractivity contribution is 5.85. The highest BCUT2D eigenvalue weighted by Crippen LogP contribution is 1.98. The molecule has 0 saturated heterocycles. The molecule has 0 radical (unpaired) electrons. The molecule has 0 unspecified atom stereocenters. The van der Waals surface area contributed by atoms with Gasteiger partial charge in [0.1, 0.15) is 0 Å². The van der Waals surface area contributed by atoms with Gasteiger partial charge in [0.25, 0.3) is 0 Å². The summed E-state index contributed by atoms with van der Waals surface area (Å²) in [5.74, 6) is 0. The SMILES string of the molecule is Cl.Cl.Nc1nnc(N)o1. The fourth-order valence-electron chi connectivity index (χ4n) is 0.247. The summed E-state index contributed by atoms with van der Waals surface area (Å²) in [6, 6.07) is -0.00463. The first-order valence-corrected chi connectivity index (χ1v) is 1.63. The molecular weight excluding hydrogens is 167 g/mol. The number of nitrogens with zero attached hydrogens (tertiary/aromatic N) is 2. The third-order valence-electron chi connectivity index (χ3n) is 0.456. The summed E-state index contributed by atoms with van der Waals surface area (Å²) in [5.41, 5.74) is 9.92. The molecule has 1 aromatic heterocycles. The Morgan fingerprint density at radius 1 is 1.00 bits per heavy atom. The number of rotatable bonds is 0. The molecule has 0 atom stereocenters. The maximum Gasteiger partial charge on any atom is 0.314 e. The van der Waals surface area contributed by atoms with E-state index >= 15 is 0 Å². The van der Waals surface area contributed by atoms with Crippen molar-refractivity contribution in [3.8, 4) is 0 Å². The Morgan fingerprint density at radius 3 is 1.44 bits per heavy atom. The lowest BCUT2D eigenvalue weighted by Gasteiger charge is -1.71. The molecule has 0 aliphatic rings. The largest absolute Gasteiger partial charge is 0.390 e. The number of hydrogen-bond donors (Lipinski definition) is 2. The Kier molecular flexibility index (Phi) is 5.24. The third-order valence-corrected chi connectivity index (χ3v) is 0.456. The van der Waals surface area contributed by atoms with Crippen molar-refractivity contribution in [2.45, 2.75) is 0 Å². The zero-order chi connectivity index (χ0) is 5.28. The van der Waals surface area contributed by atoms with E-state index < -0.39 is 0 Å². The second-order valence-electron chi connectivity index (χ2n) is 0.979. The van der Waals surface area contributed by atoms with Crippen molar-refractivity contribution in [2.24, 2.45) is 0 Å². The van der Waals surface area contributed by atoms with E-state index in [1.54, 1.807) is 0 Å². The highest BCUT2D eigenvalue weighted by Gasteiger charge is 1.91. The van der Waals surface area contributed by atoms with E-state index in [0.29, 0.717) is 0 Å². The van der Waals surface area contributed by atoms with Crippen molar-refractivity contribution in [3.05, 3.63) is 0 Å². The van der Waals surface area contributed by atoms with E-state index in [9.17, 15) is 0 Å². The van der Waals surface area contributed by atoms with Gasteiger partial charge in [-0.3, -0.25) is 0 Å². The molecule has 0 amide bonds. The summed E-state index contributed by atoms with van der Waals surface area (Å²) in [4.78, 5) is 0. The average molecular weight is 173 g/mol. The lowest BCUT2D eigenvalue weighted by molar-refractivity contribution is 0.596. The van der Waals surface area contributed by atoms with Crippen molar-refractivity contribution in [3.63, 3.8) is 0 Å². The van der Waals surface area contributed by atoms with Crippen molar-refractivity contribution in [1.82, 2.24) is 10.2 Å². The molecule has 0 aliphatic heterocycles. The standard InChI is InChI=1S/C2H4N4O.2ClH/c3-1-5-6-2(4)7-1;;/h(H2,3,5)(H2,4,6);2*1H. The smallest absolute Gasteiger partial charge is 0.314 e. The van der Waals surface area contributed by atoms with Crippen molar-refractivity contribution in [2.75, 3.05) is 11.5 Å². The second-order valence-corrected chi connectivity index (χ2v) is 0.979. The van der Waals surface area contributed by atoms with Crippen LogP contribution in [0.2, 0.25) is 0 Å². The van der Waals surface area contributed by atoms with Crippen LogP contribution in [0.5, 0.6) is 0 Å². The Hall–Kier alpha value is -0.680. The molecule has 0 fully saturated rings. The zero-order valence-electron chi connectivity index (χ0n) is 4.27. The normalized spacial score (nSPS) is 7.11. The van der Waals surface area contributed by atoms with Gasteiger partial charge in [-0.2, -0.15) is 0 Å². The summed E-state index contributed by atoms with van der Waals surface area (Å²) < 4.78 is 4.42. The quantitative estimate of drug-likeness (QED) is 0.579. The fraction of sp³-hybridized carbons (Fsp3) is 0. The molecule has 1 heterocycles. The van der Waals surface area contributed by atoms with E-state index in [1.807, 2.05) is 0 Å². The minimum atomic E-state index is -0.00231. The molecular formula is C2H6Cl2N4O. The molecule has 0 saturated carbocycles. The van der Waals surface area contributed by atoms with Gasteiger partial charge in [-0.1, -0.05) is 10.2 Å². The van der Waals surface area contributed by atoms with Crippen molar-refractivity contribution >= 4 is 36.8 Å². The number of anilines is 2. The predicted molar refractivity (Wildman–Crippen MR) is 37.6 cm³/mol. The predicted octanol–water partition coefficient (Wildman–Crippen LogP) is 0.0776. The molecule has 0 aromatic carbocycles. The van der Waals surface area contributed by atoms with Gasteiger partial charge >= 0.3 is 12.0 Å². The van der Waals surface area contributed by atoms with Gasteiger partial charge in [-0.15, -0.1) is 24.8 Å². The van der Waals surface area contributed by atoms with Gasteiger partial charge < -0.3 is 15.9 Å². The lowest BCUT2D eigenvalue weighted by Crippen LogP contribution is -1.81. The topological polar surface area (TPSA) is 91.0 Å². The van der Waals surface area contributed by atoms with Crippen LogP contribution in [0.3, 0.4) is 0 Å². The van der Waals surface area contributed by atoms with Gasteiger partial charge in [-0.25, -0.2) is 0 Å². The van der Waals surface area contributed by atoms with Crippen LogP contribution in [-0.4, -0.2) is 10.2 Å². The molecule has 4 N–H and O–H groups in total. The summed E-state index contributed by atoms with van der Waals surface area (Å²) >= 11 is 0. The minimum absolute atomic E-state index is 0. The number of hydrogen-bond acceptors (Lipinski definition) is 5. The van der Waals surface area contributed by atoms with Crippen LogP contribution >= 0.6 is 24.8 Å². The van der Waals surface area contributed by atoms with Crippen LogP contribution < -0.4 is 11.5 Å². The summed E-state index contributed by atoms with van der Waals surface area (Å²) in [6.45, 7) is 0. The maximum atomic E-state index is 4.96. The maximum absolute atomic E-state index is 4.96. The molecule has 54 valence electrons. The summed E-state index contributed by atoms with van der Waals surface area (Å²) in [6.07, 6.45) is 0. The summed E-state index contributed by atoms with van der Waals surface area (Å²) in [5, 5.41) is 6.50. The lowest BCUT2D eigenvalue weighted by atomic mass is 11.2. The van der Waals surface area contributed by atoms with E-state index in [0.717, 1.165) is 0 Å². The van der Waals surface area contributed by atoms with E-state index in [1.165, 1.54) is 0 Å². The van der Waals surface area contributed by atoms with Crippen LogP contribution in [0.1, 0.15) is 0 Å². The Labute approximate surface area is 63.6 Å². The molecule has 7 heteroatoms. The number of nitrogen functional groups attached to an aromatic ring is 2. The Balaban J connectivity index is 0. The van der Waals surface area contributed by atoms with Gasteiger partial charge in [0.15, 0.2) is 0 Å². The van der Waals surface area contributed by atoms with Crippen LogP contribution in [0, 0.1) is 0 Å². The minimum Gasteiger partial charge on any atom is -0.390 e. The van der Waals surface area contributed by atoms with Gasteiger partial charge in [0.2, 0.25) is 0 Å². The number of halogens is 2. The van der Waals surface area contributed by atoms with Gasteiger partial charge in [-0.05, 0) is 0 Å². The van der Waals surface area contributed by atoms with Gasteiger partial charge in [0, 0.05) is 0 Å². The zero-order valence-corrected chi connectivity index (χ0v) is 5.91. The Bertz CT molecular complexity index is 149. The van der Waals surface area contributed by atoms with E-state index in [4.69, 9.17) is 11.5 Å². The highest BCUT2D eigenvalue weighted by atomic mass is 35.5. The van der Waals surface area contributed by atoms with Crippen LogP contribution in [-0.2, 0) is 0 Å². The first-order valence-electron chi connectivity index (χ1n) is 1.63. The molecule has 9 heavy (non-hydrogen) atoms. The molecule has 0 aliphatic carbocycles. The fourth-order valence-corrected chi connectivity index (χ4v) is 0.247. The van der Waals surface area contributed by atoms with Crippen LogP contribution in [0.4, 0.5) is 12.0 Å². The number of nitrogens with two attached hydrogens (primary N) is 2. The monoisotopic (exact) mass is 172 g/mol. The molecule has 1 aromatic rings. The average Bonchev–Trinajstić information content (AvgIpc) is 1.87.